The Labute approximate surface area is 131 Å². The number of nitrogens with zero attached hydrogens (tertiary/aromatic N) is 1. The summed E-state index contributed by atoms with van der Waals surface area (Å²) in [6.45, 7) is 5.37. The van der Waals surface area contributed by atoms with Crippen molar-refractivity contribution in [2.75, 3.05) is 19.6 Å². The number of rotatable bonds is 4. The van der Waals surface area contributed by atoms with Gasteiger partial charge in [-0.3, -0.25) is 9.59 Å². The molecule has 3 N–H and O–H groups in total. The number of piperidine rings is 1. The van der Waals surface area contributed by atoms with Gasteiger partial charge < -0.3 is 16.0 Å². The zero-order valence-electron chi connectivity index (χ0n) is 13.3. The van der Waals surface area contributed by atoms with E-state index in [4.69, 9.17) is 5.73 Å². The molecule has 0 spiro atoms. The summed E-state index contributed by atoms with van der Waals surface area (Å²) in [7, 11) is 0. The standard InChI is InChI=1S/C17H25N3O2/c1-13(11-18)19-16(22)17(2)9-6-10-20(12-17)15(21)14-7-4-3-5-8-14/h3-5,7-8,13H,6,9-12,18H2,1-2H3,(H,19,22)/t13-,17?/m0/s1. The van der Waals surface area contributed by atoms with Crippen LogP contribution in [-0.2, 0) is 4.79 Å². The summed E-state index contributed by atoms with van der Waals surface area (Å²) in [6, 6.07) is 9.16. The molecule has 0 aliphatic carbocycles. The third-order valence-electron chi connectivity index (χ3n) is 4.28. The summed E-state index contributed by atoms with van der Waals surface area (Å²) < 4.78 is 0. The molecule has 1 aromatic rings. The summed E-state index contributed by atoms with van der Waals surface area (Å²) in [6.07, 6.45) is 1.62. The van der Waals surface area contributed by atoms with Crippen molar-refractivity contribution in [1.29, 1.82) is 0 Å². The third-order valence-corrected chi connectivity index (χ3v) is 4.28. The lowest BCUT2D eigenvalue weighted by molar-refractivity contribution is -0.133. The van der Waals surface area contributed by atoms with Crippen molar-refractivity contribution in [1.82, 2.24) is 10.2 Å². The molecule has 2 amide bonds. The maximum absolute atomic E-state index is 12.6. The Kier molecular flexibility index (Phi) is 5.19. The van der Waals surface area contributed by atoms with E-state index < -0.39 is 5.41 Å². The van der Waals surface area contributed by atoms with Gasteiger partial charge in [0.05, 0.1) is 5.41 Å². The SMILES string of the molecule is C[C@@H](CN)NC(=O)C1(C)CCCN(C(=O)c2ccccc2)C1. The fraction of sp³-hybridized carbons (Fsp3) is 0.529. The largest absolute Gasteiger partial charge is 0.352 e. The van der Waals surface area contributed by atoms with Crippen LogP contribution in [0.1, 0.15) is 37.0 Å². The average molecular weight is 303 g/mol. The van der Waals surface area contributed by atoms with E-state index in [1.807, 2.05) is 44.2 Å². The van der Waals surface area contributed by atoms with E-state index in [1.165, 1.54) is 0 Å². The quantitative estimate of drug-likeness (QED) is 0.882. The van der Waals surface area contributed by atoms with Gasteiger partial charge in [0, 0.05) is 31.2 Å². The van der Waals surface area contributed by atoms with Gasteiger partial charge in [-0.25, -0.2) is 0 Å². The Morgan fingerprint density at radius 3 is 2.68 bits per heavy atom. The number of hydrogen-bond acceptors (Lipinski definition) is 3. The highest BCUT2D eigenvalue weighted by molar-refractivity contribution is 5.95. The van der Waals surface area contributed by atoms with Crippen molar-refractivity contribution in [3.05, 3.63) is 35.9 Å². The van der Waals surface area contributed by atoms with Crippen LogP contribution in [0, 0.1) is 5.41 Å². The monoisotopic (exact) mass is 303 g/mol. The molecule has 1 aliphatic rings. The summed E-state index contributed by atoms with van der Waals surface area (Å²) >= 11 is 0. The van der Waals surface area contributed by atoms with Crippen molar-refractivity contribution >= 4 is 11.8 Å². The van der Waals surface area contributed by atoms with Crippen LogP contribution in [-0.4, -0.2) is 42.4 Å². The number of likely N-dealkylation sites (tertiary alicyclic amines) is 1. The lowest BCUT2D eigenvalue weighted by Crippen LogP contribution is -2.54. The first-order valence-electron chi connectivity index (χ1n) is 7.81. The summed E-state index contributed by atoms with van der Waals surface area (Å²) in [5.41, 5.74) is 5.68. The molecule has 22 heavy (non-hydrogen) atoms. The zero-order valence-corrected chi connectivity index (χ0v) is 13.3. The van der Waals surface area contributed by atoms with Crippen LogP contribution in [0.25, 0.3) is 0 Å². The van der Waals surface area contributed by atoms with Crippen molar-refractivity contribution in [2.24, 2.45) is 11.1 Å². The van der Waals surface area contributed by atoms with E-state index >= 15 is 0 Å². The zero-order chi connectivity index (χ0) is 16.2. The number of benzene rings is 1. The second-order valence-electron chi connectivity index (χ2n) is 6.37. The van der Waals surface area contributed by atoms with E-state index in [1.54, 1.807) is 4.90 Å². The van der Waals surface area contributed by atoms with E-state index in [0.717, 1.165) is 12.8 Å². The molecular formula is C17H25N3O2. The Morgan fingerprint density at radius 2 is 2.05 bits per heavy atom. The van der Waals surface area contributed by atoms with Gasteiger partial charge in [0.15, 0.2) is 0 Å². The Morgan fingerprint density at radius 1 is 1.36 bits per heavy atom. The Hall–Kier alpha value is -1.88. The van der Waals surface area contributed by atoms with Crippen LogP contribution in [0.3, 0.4) is 0 Å². The van der Waals surface area contributed by atoms with Crippen molar-refractivity contribution in [3.63, 3.8) is 0 Å². The molecule has 1 aliphatic heterocycles. The van der Waals surface area contributed by atoms with Gasteiger partial charge in [0.1, 0.15) is 0 Å². The molecule has 2 rings (SSSR count). The second-order valence-corrected chi connectivity index (χ2v) is 6.37. The average Bonchev–Trinajstić information content (AvgIpc) is 2.54. The molecule has 0 bridgehead atoms. The van der Waals surface area contributed by atoms with Gasteiger partial charge in [-0.2, -0.15) is 0 Å². The lowest BCUT2D eigenvalue weighted by Gasteiger charge is -2.39. The number of carbonyl (C=O) groups excluding carboxylic acids is 2. The highest BCUT2D eigenvalue weighted by Crippen LogP contribution is 2.30. The van der Waals surface area contributed by atoms with Crippen LogP contribution in [0.2, 0.25) is 0 Å². The molecule has 1 aromatic carbocycles. The Bertz CT molecular complexity index is 532. The molecular weight excluding hydrogens is 278 g/mol. The topological polar surface area (TPSA) is 75.4 Å². The van der Waals surface area contributed by atoms with Gasteiger partial charge in [-0.15, -0.1) is 0 Å². The highest BCUT2D eigenvalue weighted by Gasteiger charge is 2.39. The van der Waals surface area contributed by atoms with Crippen LogP contribution in [0.5, 0.6) is 0 Å². The summed E-state index contributed by atoms with van der Waals surface area (Å²) in [5, 5.41) is 2.94. The van der Waals surface area contributed by atoms with Crippen LogP contribution < -0.4 is 11.1 Å². The fourth-order valence-corrected chi connectivity index (χ4v) is 2.82. The van der Waals surface area contributed by atoms with Gasteiger partial charge in [0.25, 0.3) is 5.91 Å². The first-order chi connectivity index (χ1) is 10.5. The van der Waals surface area contributed by atoms with Gasteiger partial charge in [-0.05, 0) is 38.8 Å². The fourth-order valence-electron chi connectivity index (χ4n) is 2.82. The molecule has 120 valence electrons. The highest BCUT2D eigenvalue weighted by atomic mass is 16.2. The predicted molar refractivity (Wildman–Crippen MR) is 86.3 cm³/mol. The smallest absolute Gasteiger partial charge is 0.253 e. The third kappa shape index (κ3) is 3.65. The molecule has 1 unspecified atom stereocenters. The molecule has 2 atom stereocenters. The number of nitrogens with two attached hydrogens (primary N) is 1. The van der Waals surface area contributed by atoms with Crippen LogP contribution in [0.15, 0.2) is 30.3 Å². The Balaban J connectivity index is 2.07. The number of carbonyl (C=O) groups is 2. The molecule has 5 heteroatoms. The van der Waals surface area contributed by atoms with Crippen molar-refractivity contribution < 1.29 is 9.59 Å². The molecule has 0 radical (unpaired) electrons. The second kappa shape index (κ2) is 6.92. The summed E-state index contributed by atoms with van der Waals surface area (Å²) in [5.74, 6) is -0.0257. The molecule has 1 fully saturated rings. The maximum Gasteiger partial charge on any atom is 0.253 e. The minimum Gasteiger partial charge on any atom is -0.352 e. The van der Waals surface area contributed by atoms with E-state index in [-0.39, 0.29) is 17.9 Å². The molecule has 0 saturated carbocycles. The van der Waals surface area contributed by atoms with Gasteiger partial charge in [0.2, 0.25) is 5.91 Å². The van der Waals surface area contributed by atoms with Gasteiger partial charge in [-0.1, -0.05) is 18.2 Å². The molecule has 0 aromatic heterocycles. The number of amides is 2. The number of hydrogen-bond donors (Lipinski definition) is 2. The van der Waals surface area contributed by atoms with Crippen LogP contribution in [0.4, 0.5) is 0 Å². The van der Waals surface area contributed by atoms with Crippen LogP contribution >= 0.6 is 0 Å². The van der Waals surface area contributed by atoms with E-state index in [0.29, 0.717) is 25.2 Å². The van der Waals surface area contributed by atoms with E-state index in [9.17, 15) is 9.59 Å². The minimum absolute atomic E-state index is 0.00815. The molecule has 5 nitrogen and oxygen atoms in total. The van der Waals surface area contributed by atoms with Gasteiger partial charge >= 0.3 is 0 Å². The first-order valence-corrected chi connectivity index (χ1v) is 7.81. The minimum atomic E-state index is -0.549. The summed E-state index contributed by atoms with van der Waals surface area (Å²) in [4.78, 5) is 26.8. The van der Waals surface area contributed by atoms with Crippen molar-refractivity contribution in [3.8, 4) is 0 Å². The number of nitrogens with one attached hydrogen (secondary N) is 1. The predicted octanol–water partition coefficient (Wildman–Crippen LogP) is 1.39. The normalized spacial score (nSPS) is 23.0. The first kappa shape index (κ1) is 16.5. The molecule has 1 saturated heterocycles. The lowest BCUT2D eigenvalue weighted by atomic mass is 9.80. The molecule has 1 heterocycles. The van der Waals surface area contributed by atoms with E-state index in [2.05, 4.69) is 5.32 Å². The maximum atomic E-state index is 12.6. The van der Waals surface area contributed by atoms with Crippen molar-refractivity contribution in [2.45, 2.75) is 32.7 Å².